The smallest absolute Gasteiger partial charge is 0.263 e. The molecule has 2 N–H and O–H groups in total. The molecular formula is C19H25N5O3. The second-order valence-electron chi connectivity index (χ2n) is 6.80. The number of carbonyl (C=O) groups is 2. The molecule has 0 atom stereocenters. The fraction of sp³-hybridized carbons (Fsp3) is 0.474. The highest BCUT2D eigenvalue weighted by atomic mass is 16.2. The fourth-order valence-electron chi connectivity index (χ4n) is 3.30. The van der Waals surface area contributed by atoms with Gasteiger partial charge in [0.2, 0.25) is 5.91 Å². The lowest BCUT2D eigenvalue weighted by Gasteiger charge is -2.22. The second-order valence-corrected chi connectivity index (χ2v) is 6.80. The first-order valence-corrected chi connectivity index (χ1v) is 9.39. The SMILES string of the molecule is CCn1cc(NC(=O)Cn2cccc(C(=O)NC3CCCCC3)c2=O)cn1. The third kappa shape index (κ3) is 4.84. The monoisotopic (exact) mass is 371 g/mol. The molecule has 1 saturated carbocycles. The van der Waals surface area contributed by atoms with Crippen LogP contribution in [0.1, 0.15) is 49.4 Å². The summed E-state index contributed by atoms with van der Waals surface area (Å²) in [6.45, 7) is 2.48. The Balaban J connectivity index is 1.65. The first-order chi connectivity index (χ1) is 13.1. The van der Waals surface area contributed by atoms with Gasteiger partial charge in [0.15, 0.2) is 0 Å². The molecule has 1 aliphatic carbocycles. The maximum atomic E-state index is 12.6. The second kappa shape index (κ2) is 8.66. The Morgan fingerprint density at radius 1 is 1.26 bits per heavy atom. The van der Waals surface area contributed by atoms with Gasteiger partial charge >= 0.3 is 0 Å². The van der Waals surface area contributed by atoms with E-state index in [1.54, 1.807) is 23.1 Å². The zero-order valence-electron chi connectivity index (χ0n) is 15.5. The van der Waals surface area contributed by atoms with Gasteiger partial charge in [-0.3, -0.25) is 19.1 Å². The van der Waals surface area contributed by atoms with Gasteiger partial charge in [-0.25, -0.2) is 0 Å². The highest BCUT2D eigenvalue weighted by molar-refractivity contribution is 5.94. The van der Waals surface area contributed by atoms with E-state index in [2.05, 4.69) is 15.7 Å². The summed E-state index contributed by atoms with van der Waals surface area (Å²) in [5.41, 5.74) is 0.168. The van der Waals surface area contributed by atoms with Crippen LogP contribution < -0.4 is 16.2 Å². The Kier molecular flexibility index (Phi) is 6.05. The third-order valence-electron chi connectivity index (χ3n) is 4.76. The van der Waals surface area contributed by atoms with Crippen molar-refractivity contribution in [3.63, 3.8) is 0 Å². The number of amides is 2. The van der Waals surface area contributed by atoms with Crippen molar-refractivity contribution in [1.82, 2.24) is 19.7 Å². The minimum absolute atomic E-state index is 0.0645. The van der Waals surface area contributed by atoms with Crippen molar-refractivity contribution in [3.8, 4) is 0 Å². The summed E-state index contributed by atoms with van der Waals surface area (Å²) in [4.78, 5) is 37.3. The molecule has 0 aromatic carbocycles. The third-order valence-corrected chi connectivity index (χ3v) is 4.76. The summed E-state index contributed by atoms with van der Waals surface area (Å²) in [6.07, 6.45) is 10.1. The Hall–Kier alpha value is -2.90. The Morgan fingerprint density at radius 3 is 2.74 bits per heavy atom. The van der Waals surface area contributed by atoms with E-state index in [1.807, 2.05) is 6.92 Å². The maximum absolute atomic E-state index is 12.6. The number of anilines is 1. The van der Waals surface area contributed by atoms with Crippen LogP contribution in [-0.4, -0.2) is 32.2 Å². The van der Waals surface area contributed by atoms with Gasteiger partial charge in [0.05, 0.1) is 11.9 Å². The van der Waals surface area contributed by atoms with E-state index in [1.165, 1.54) is 23.3 Å². The largest absolute Gasteiger partial charge is 0.349 e. The van der Waals surface area contributed by atoms with Gasteiger partial charge in [0.1, 0.15) is 12.1 Å². The normalized spacial score (nSPS) is 14.7. The summed E-state index contributed by atoms with van der Waals surface area (Å²) in [7, 11) is 0. The van der Waals surface area contributed by atoms with Crippen LogP contribution in [0, 0.1) is 0 Å². The molecule has 8 heteroatoms. The lowest BCUT2D eigenvalue weighted by molar-refractivity contribution is -0.116. The van der Waals surface area contributed by atoms with Crippen LogP contribution in [0.25, 0.3) is 0 Å². The molecule has 144 valence electrons. The standard InChI is InChI=1S/C19H25N5O3/c1-2-24-12-15(11-20-24)21-17(25)13-23-10-6-9-16(19(23)27)18(26)22-14-7-4-3-5-8-14/h6,9-12,14H,2-5,7-8,13H2,1H3,(H,21,25)(H,22,26). The minimum atomic E-state index is -0.467. The zero-order chi connectivity index (χ0) is 19.2. The lowest BCUT2D eigenvalue weighted by atomic mass is 9.95. The van der Waals surface area contributed by atoms with Crippen molar-refractivity contribution in [2.45, 2.75) is 58.2 Å². The Morgan fingerprint density at radius 2 is 2.04 bits per heavy atom. The zero-order valence-corrected chi connectivity index (χ0v) is 15.5. The van der Waals surface area contributed by atoms with Gasteiger partial charge in [-0.05, 0) is 31.9 Å². The molecule has 2 aromatic heterocycles. The summed E-state index contributed by atoms with van der Waals surface area (Å²) in [5, 5.41) is 9.73. The Labute approximate surface area is 157 Å². The summed E-state index contributed by atoms with van der Waals surface area (Å²) in [6, 6.07) is 3.23. The quantitative estimate of drug-likeness (QED) is 0.808. The van der Waals surface area contributed by atoms with E-state index in [9.17, 15) is 14.4 Å². The number of aryl methyl sites for hydroxylation is 1. The summed E-state index contributed by atoms with van der Waals surface area (Å²) in [5.74, 6) is -0.719. The first-order valence-electron chi connectivity index (χ1n) is 9.39. The van der Waals surface area contributed by atoms with Crippen molar-refractivity contribution in [2.75, 3.05) is 5.32 Å². The first kappa shape index (κ1) is 18.9. The fourth-order valence-corrected chi connectivity index (χ4v) is 3.30. The number of nitrogens with zero attached hydrogens (tertiary/aromatic N) is 3. The highest BCUT2D eigenvalue weighted by Gasteiger charge is 2.19. The molecule has 2 aromatic rings. The number of aromatic nitrogens is 3. The van der Waals surface area contributed by atoms with Crippen molar-refractivity contribution >= 4 is 17.5 Å². The molecule has 2 amide bonds. The maximum Gasteiger partial charge on any atom is 0.263 e. The van der Waals surface area contributed by atoms with E-state index >= 15 is 0 Å². The van der Waals surface area contributed by atoms with Gasteiger partial charge in [-0.1, -0.05) is 19.3 Å². The predicted molar refractivity (Wildman–Crippen MR) is 102 cm³/mol. The number of rotatable bonds is 6. The van der Waals surface area contributed by atoms with E-state index in [0.717, 1.165) is 25.7 Å². The Bertz CT molecular complexity index is 864. The molecule has 2 heterocycles. The van der Waals surface area contributed by atoms with Crippen molar-refractivity contribution in [3.05, 3.63) is 46.6 Å². The van der Waals surface area contributed by atoms with Crippen molar-refractivity contribution in [1.29, 1.82) is 0 Å². The molecule has 0 radical (unpaired) electrons. The van der Waals surface area contributed by atoms with E-state index in [0.29, 0.717) is 12.2 Å². The van der Waals surface area contributed by atoms with Gasteiger partial charge in [-0.15, -0.1) is 0 Å². The van der Waals surface area contributed by atoms with Crippen molar-refractivity contribution < 1.29 is 9.59 Å². The van der Waals surface area contributed by atoms with E-state index in [-0.39, 0.29) is 30.0 Å². The van der Waals surface area contributed by atoms with Crippen LogP contribution in [0.5, 0.6) is 0 Å². The van der Waals surface area contributed by atoms with Crippen LogP contribution in [0.4, 0.5) is 5.69 Å². The lowest BCUT2D eigenvalue weighted by Crippen LogP contribution is -2.40. The summed E-state index contributed by atoms with van der Waals surface area (Å²) < 4.78 is 2.94. The van der Waals surface area contributed by atoms with Crippen LogP contribution in [0.2, 0.25) is 0 Å². The molecule has 27 heavy (non-hydrogen) atoms. The van der Waals surface area contributed by atoms with Crippen LogP contribution >= 0.6 is 0 Å². The van der Waals surface area contributed by atoms with E-state index in [4.69, 9.17) is 0 Å². The molecule has 3 rings (SSSR count). The average molecular weight is 371 g/mol. The molecular weight excluding hydrogens is 346 g/mol. The molecule has 1 aliphatic rings. The predicted octanol–water partition coefficient (Wildman–Crippen LogP) is 1.77. The van der Waals surface area contributed by atoms with Crippen LogP contribution in [0.3, 0.4) is 0 Å². The average Bonchev–Trinajstić information content (AvgIpc) is 3.11. The topological polar surface area (TPSA) is 98.0 Å². The highest BCUT2D eigenvalue weighted by Crippen LogP contribution is 2.17. The van der Waals surface area contributed by atoms with Gasteiger partial charge < -0.3 is 15.2 Å². The molecule has 0 aliphatic heterocycles. The van der Waals surface area contributed by atoms with Crippen molar-refractivity contribution in [2.24, 2.45) is 0 Å². The number of hydrogen-bond acceptors (Lipinski definition) is 4. The van der Waals surface area contributed by atoms with Gasteiger partial charge in [-0.2, -0.15) is 5.10 Å². The molecule has 0 bridgehead atoms. The molecule has 8 nitrogen and oxygen atoms in total. The van der Waals surface area contributed by atoms with Crippen LogP contribution in [0.15, 0.2) is 35.5 Å². The molecule has 0 saturated heterocycles. The molecule has 0 spiro atoms. The molecule has 0 unspecified atom stereocenters. The number of nitrogens with one attached hydrogen (secondary N) is 2. The van der Waals surface area contributed by atoms with Gasteiger partial charge in [0.25, 0.3) is 11.5 Å². The number of carbonyl (C=O) groups excluding carboxylic acids is 2. The summed E-state index contributed by atoms with van der Waals surface area (Å²) >= 11 is 0. The molecule has 1 fully saturated rings. The minimum Gasteiger partial charge on any atom is -0.349 e. The number of hydrogen-bond donors (Lipinski definition) is 2. The number of pyridine rings is 1. The van der Waals surface area contributed by atoms with Crippen LogP contribution in [-0.2, 0) is 17.9 Å². The van der Waals surface area contributed by atoms with Gasteiger partial charge in [0, 0.05) is 25.0 Å². The van der Waals surface area contributed by atoms with E-state index < -0.39 is 5.56 Å².